The summed E-state index contributed by atoms with van der Waals surface area (Å²) in [6, 6.07) is 13.9. The van der Waals surface area contributed by atoms with Crippen molar-refractivity contribution < 1.29 is 14.3 Å². The Bertz CT molecular complexity index is 479. The van der Waals surface area contributed by atoms with Crippen LogP contribution in [0.2, 0.25) is 0 Å². The Labute approximate surface area is 93.6 Å². The molecule has 0 unspecified atom stereocenters. The van der Waals surface area contributed by atoms with Crippen molar-refractivity contribution >= 4 is 17.2 Å². The molecule has 0 heterocycles. The van der Waals surface area contributed by atoms with Gasteiger partial charge in [-0.3, -0.25) is 0 Å². The summed E-state index contributed by atoms with van der Waals surface area (Å²) in [6.45, 7) is 1.91. The first-order valence-corrected chi connectivity index (χ1v) is 5.01. The predicted molar refractivity (Wildman–Crippen MR) is 61.1 cm³/mol. The molecule has 1 radical (unpaired) electrons. The molecule has 16 heavy (non-hydrogen) atoms. The molecule has 0 fully saturated rings. The summed E-state index contributed by atoms with van der Waals surface area (Å²) in [7, 11) is 0. The third-order valence-corrected chi connectivity index (χ3v) is 2.23. The summed E-state index contributed by atoms with van der Waals surface area (Å²) in [6.07, 6.45) is 0. The van der Waals surface area contributed by atoms with Crippen LogP contribution in [0.3, 0.4) is 0 Å². The lowest BCUT2D eigenvalue weighted by molar-refractivity contribution is 0.200. The zero-order valence-corrected chi connectivity index (χ0v) is 8.68. The number of fused-ring (bicyclic) bond motifs is 1. The minimum Gasteiger partial charge on any atom is -0.490 e. The van der Waals surface area contributed by atoms with Gasteiger partial charge in [-0.25, -0.2) is 4.79 Å². The van der Waals surface area contributed by atoms with Gasteiger partial charge in [0.25, 0.3) is 0 Å². The number of benzene rings is 2. The van der Waals surface area contributed by atoms with Crippen LogP contribution in [0.1, 0.15) is 0 Å². The van der Waals surface area contributed by atoms with E-state index >= 15 is 0 Å². The number of ether oxygens (including phenoxy) is 2. The summed E-state index contributed by atoms with van der Waals surface area (Å²) >= 11 is 0. The van der Waals surface area contributed by atoms with E-state index in [9.17, 15) is 4.79 Å². The zero-order chi connectivity index (χ0) is 11.2. The van der Waals surface area contributed by atoms with Gasteiger partial charge in [0.05, 0.1) is 0 Å². The Morgan fingerprint density at radius 1 is 1.00 bits per heavy atom. The maximum Gasteiger partial charge on any atom is 0.417 e. The molecule has 0 amide bonds. The predicted octanol–water partition coefficient (Wildman–Crippen LogP) is 2.30. The maximum absolute atomic E-state index is 9.79. The topological polar surface area (TPSA) is 35.5 Å². The molecule has 0 N–H and O–H groups in total. The van der Waals surface area contributed by atoms with Gasteiger partial charge in [0.2, 0.25) is 0 Å². The van der Waals surface area contributed by atoms with Crippen molar-refractivity contribution in [3.8, 4) is 5.75 Å². The molecule has 3 heteroatoms. The zero-order valence-electron chi connectivity index (χ0n) is 8.68. The Hall–Kier alpha value is -2.03. The van der Waals surface area contributed by atoms with Crippen LogP contribution in [0.25, 0.3) is 10.8 Å². The van der Waals surface area contributed by atoms with Crippen LogP contribution in [-0.4, -0.2) is 19.7 Å². The van der Waals surface area contributed by atoms with E-state index in [-0.39, 0.29) is 6.61 Å². The van der Waals surface area contributed by atoms with Gasteiger partial charge in [0.1, 0.15) is 19.0 Å². The van der Waals surface area contributed by atoms with Crippen molar-refractivity contribution in [1.29, 1.82) is 0 Å². The number of carbonyl (C=O) groups excluding carboxylic acids is 1. The molecule has 0 saturated carbocycles. The molecule has 0 aliphatic carbocycles. The first kappa shape index (κ1) is 10.5. The highest BCUT2D eigenvalue weighted by molar-refractivity contribution is 5.83. The SMILES string of the molecule is O=[C]OCCOc1ccc2ccccc2c1. The van der Waals surface area contributed by atoms with E-state index in [4.69, 9.17) is 4.74 Å². The van der Waals surface area contributed by atoms with E-state index in [0.29, 0.717) is 6.61 Å². The molecular formula is C13H11O3. The van der Waals surface area contributed by atoms with Crippen molar-refractivity contribution in [2.24, 2.45) is 0 Å². The van der Waals surface area contributed by atoms with Crippen molar-refractivity contribution in [2.75, 3.05) is 13.2 Å². The lowest BCUT2D eigenvalue weighted by atomic mass is 10.1. The standard InChI is InChI=1S/C13H11O3/c14-10-15-7-8-16-13-6-5-11-3-1-2-4-12(11)9-13/h1-6,9H,7-8H2. The molecule has 2 aromatic carbocycles. The van der Waals surface area contributed by atoms with Crippen LogP contribution in [0.4, 0.5) is 0 Å². The smallest absolute Gasteiger partial charge is 0.417 e. The van der Waals surface area contributed by atoms with Crippen LogP contribution < -0.4 is 4.74 Å². The Balaban J connectivity index is 2.05. The number of hydrogen-bond acceptors (Lipinski definition) is 3. The van der Waals surface area contributed by atoms with E-state index < -0.39 is 0 Å². The van der Waals surface area contributed by atoms with Gasteiger partial charge in [-0.05, 0) is 22.9 Å². The quantitative estimate of drug-likeness (QED) is 0.718. The van der Waals surface area contributed by atoms with E-state index in [1.165, 1.54) is 11.9 Å². The van der Waals surface area contributed by atoms with Gasteiger partial charge in [-0.2, -0.15) is 0 Å². The number of hydrogen-bond donors (Lipinski definition) is 0. The average Bonchev–Trinajstić information content (AvgIpc) is 2.34. The Morgan fingerprint density at radius 3 is 2.62 bits per heavy atom. The normalized spacial score (nSPS) is 10.0. The highest BCUT2D eigenvalue weighted by Gasteiger charge is 1.96. The fraction of sp³-hybridized carbons (Fsp3) is 0.154. The van der Waals surface area contributed by atoms with Gasteiger partial charge >= 0.3 is 6.47 Å². The summed E-state index contributed by atoms with van der Waals surface area (Å²) in [5.41, 5.74) is 0. The molecule has 2 aromatic rings. The second kappa shape index (κ2) is 5.16. The van der Waals surface area contributed by atoms with Gasteiger partial charge in [0.15, 0.2) is 0 Å². The molecule has 0 bridgehead atoms. The van der Waals surface area contributed by atoms with Crippen molar-refractivity contribution in [3.63, 3.8) is 0 Å². The molecule has 3 nitrogen and oxygen atoms in total. The van der Waals surface area contributed by atoms with E-state index in [0.717, 1.165) is 11.1 Å². The fourth-order valence-corrected chi connectivity index (χ4v) is 1.50. The van der Waals surface area contributed by atoms with Crippen LogP contribution in [-0.2, 0) is 9.53 Å². The molecule has 2 rings (SSSR count). The molecule has 0 aliphatic rings. The Morgan fingerprint density at radius 2 is 1.81 bits per heavy atom. The van der Waals surface area contributed by atoms with Crippen LogP contribution >= 0.6 is 0 Å². The monoisotopic (exact) mass is 215 g/mol. The third-order valence-electron chi connectivity index (χ3n) is 2.23. The van der Waals surface area contributed by atoms with E-state index in [2.05, 4.69) is 4.74 Å². The fourth-order valence-electron chi connectivity index (χ4n) is 1.50. The molecule has 0 saturated heterocycles. The molecule has 81 valence electrons. The van der Waals surface area contributed by atoms with Gasteiger partial charge in [0, 0.05) is 0 Å². The van der Waals surface area contributed by atoms with Crippen molar-refractivity contribution in [3.05, 3.63) is 42.5 Å². The van der Waals surface area contributed by atoms with Crippen LogP contribution in [0.15, 0.2) is 42.5 Å². The molecule has 0 aliphatic heterocycles. The Kier molecular flexibility index (Phi) is 3.38. The molecular weight excluding hydrogens is 204 g/mol. The lowest BCUT2D eigenvalue weighted by Gasteiger charge is -2.06. The average molecular weight is 215 g/mol. The summed E-state index contributed by atoms with van der Waals surface area (Å²) in [4.78, 5) is 9.79. The summed E-state index contributed by atoms with van der Waals surface area (Å²) < 4.78 is 9.82. The molecule has 0 atom stereocenters. The maximum atomic E-state index is 9.79. The van der Waals surface area contributed by atoms with Crippen LogP contribution in [0, 0.1) is 0 Å². The summed E-state index contributed by atoms with van der Waals surface area (Å²) in [5.74, 6) is 0.771. The minimum atomic E-state index is 0.219. The molecule has 0 aromatic heterocycles. The van der Waals surface area contributed by atoms with Gasteiger partial charge < -0.3 is 9.47 Å². The minimum absolute atomic E-state index is 0.219. The summed E-state index contributed by atoms with van der Waals surface area (Å²) in [5, 5.41) is 2.30. The van der Waals surface area contributed by atoms with Gasteiger partial charge in [-0.1, -0.05) is 30.3 Å². The highest BCUT2D eigenvalue weighted by Crippen LogP contribution is 2.20. The van der Waals surface area contributed by atoms with E-state index in [1.807, 2.05) is 42.5 Å². The highest BCUT2D eigenvalue weighted by atomic mass is 16.5. The van der Waals surface area contributed by atoms with Gasteiger partial charge in [-0.15, -0.1) is 0 Å². The first-order chi connectivity index (χ1) is 7.90. The number of rotatable bonds is 5. The van der Waals surface area contributed by atoms with Crippen LogP contribution in [0.5, 0.6) is 5.75 Å². The first-order valence-electron chi connectivity index (χ1n) is 5.01. The molecule has 0 spiro atoms. The second-order valence-corrected chi connectivity index (χ2v) is 3.29. The van der Waals surface area contributed by atoms with E-state index in [1.54, 1.807) is 0 Å². The second-order valence-electron chi connectivity index (χ2n) is 3.29. The van der Waals surface area contributed by atoms with Crippen molar-refractivity contribution in [1.82, 2.24) is 0 Å². The largest absolute Gasteiger partial charge is 0.490 e. The van der Waals surface area contributed by atoms with Crippen molar-refractivity contribution in [2.45, 2.75) is 0 Å². The third kappa shape index (κ3) is 2.51. The lowest BCUT2D eigenvalue weighted by Crippen LogP contribution is -2.05.